The molecule has 0 aromatic carbocycles. The van der Waals surface area contributed by atoms with E-state index in [1.807, 2.05) is 4.90 Å². The van der Waals surface area contributed by atoms with Gasteiger partial charge in [-0.1, -0.05) is 38.5 Å². The molecule has 0 spiro atoms. The van der Waals surface area contributed by atoms with Gasteiger partial charge in [-0.25, -0.2) is 4.39 Å². The number of carbonyl (C=O) groups is 1. The molecule has 0 radical (unpaired) electrons. The molecule has 0 aromatic heterocycles. The molecule has 0 bridgehead atoms. The van der Waals surface area contributed by atoms with Crippen LogP contribution < -0.4 is 0 Å². The third kappa shape index (κ3) is 3.24. The molecular formula is C15H26FNO. The Bertz CT molecular complexity index is 250. The number of rotatable bonds is 3. The summed E-state index contributed by atoms with van der Waals surface area (Å²) in [5.74, 6) is -0.256. The zero-order valence-corrected chi connectivity index (χ0v) is 11.5. The van der Waals surface area contributed by atoms with Crippen molar-refractivity contribution in [3.8, 4) is 0 Å². The molecule has 2 fully saturated rings. The van der Waals surface area contributed by atoms with Crippen molar-refractivity contribution in [2.45, 2.75) is 89.4 Å². The second kappa shape index (κ2) is 6.53. The first-order valence-corrected chi connectivity index (χ1v) is 7.66. The van der Waals surface area contributed by atoms with Crippen LogP contribution in [0.5, 0.6) is 0 Å². The Morgan fingerprint density at radius 3 is 1.67 bits per heavy atom. The van der Waals surface area contributed by atoms with E-state index in [9.17, 15) is 9.18 Å². The highest BCUT2D eigenvalue weighted by Crippen LogP contribution is 2.30. The minimum atomic E-state index is -1.34. The Morgan fingerprint density at radius 2 is 1.33 bits per heavy atom. The SMILES string of the molecule is CC(F)C(=O)N(C1CCCCC1)C1CCCCC1. The summed E-state index contributed by atoms with van der Waals surface area (Å²) < 4.78 is 13.5. The number of nitrogens with zero attached hydrogens (tertiary/aromatic N) is 1. The van der Waals surface area contributed by atoms with Gasteiger partial charge in [-0.3, -0.25) is 4.79 Å². The van der Waals surface area contributed by atoms with E-state index in [-0.39, 0.29) is 5.91 Å². The first kappa shape index (κ1) is 13.8. The standard InChI is InChI=1S/C15H26FNO/c1-12(16)15(18)17(13-8-4-2-5-9-13)14-10-6-3-7-11-14/h12-14H,2-11H2,1H3. The first-order chi connectivity index (χ1) is 8.70. The molecule has 1 unspecified atom stereocenters. The summed E-state index contributed by atoms with van der Waals surface area (Å²) in [5, 5.41) is 0. The maximum absolute atomic E-state index is 13.5. The number of hydrogen-bond acceptors (Lipinski definition) is 1. The lowest BCUT2D eigenvalue weighted by molar-refractivity contribution is -0.142. The normalized spacial score (nSPS) is 24.8. The summed E-state index contributed by atoms with van der Waals surface area (Å²) in [6, 6.07) is 0.625. The van der Waals surface area contributed by atoms with Gasteiger partial charge in [0.2, 0.25) is 0 Å². The van der Waals surface area contributed by atoms with Gasteiger partial charge >= 0.3 is 0 Å². The zero-order chi connectivity index (χ0) is 13.0. The molecule has 2 nitrogen and oxygen atoms in total. The van der Waals surface area contributed by atoms with E-state index in [4.69, 9.17) is 0 Å². The molecule has 2 aliphatic rings. The van der Waals surface area contributed by atoms with Crippen molar-refractivity contribution < 1.29 is 9.18 Å². The monoisotopic (exact) mass is 255 g/mol. The minimum Gasteiger partial charge on any atom is -0.334 e. The molecule has 0 aliphatic heterocycles. The fraction of sp³-hybridized carbons (Fsp3) is 0.933. The average molecular weight is 255 g/mol. The van der Waals surface area contributed by atoms with Crippen molar-refractivity contribution in [3.63, 3.8) is 0 Å². The molecule has 1 atom stereocenters. The van der Waals surface area contributed by atoms with Crippen molar-refractivity contribution in [2.24, 2.45) is 0 Å². The first-order valence-electron chi connectivity index (χ1n) is 7.66. The zero-order valence-electron chi connectivity index (χ0n) is 11.5. The fourth-order valence-electron chi connectivity index (χ4n) is 3.58. The van der Waals surface area contributed by atoms with Crippen LogP contribution in [-0.2, 0) is 4.79 Å². The van der Waals surface area contributed by atoms with Crippen LogP contribution >= 0.6 is 0 Å². The molecule has 0 heterocycles. The third-order valence-corrected chi connectivity index (χ3v) is 4.53. The van der Waals surface area contributed by atoms with Crippen molar-refractivity contribution in [3.05, 3.63) is 0 Å². The number of amides is 1. The smallest absolute Gasteiger partial charge is 0.257 e. The van der Waals surface area contributed by atoms with Crippen LogP contribution in [0.3, 0.4) is 0 Å². The van der Waals surface area contributed by atoms with Crippen LogP contribution in [-0.4, -0.2) is 29.1 Å². The Labute approximate surface area is 110 Å². The van der Waals surface area contributed by atoms with E-state index in [1.165, 1.54) is 45.4 Å². The lowest BCUT2D eigenvalue weighted by atomic mass is 9.88. The number of carbonyl (C=O) groups excluding carboxylic acids is 1. The summed E-state index contributed by atoms with van der Waals surface area (Å²) in [7, 11) is 0. The van der Waals surface area contributed by atoms with Crippen LogP contribution in [0.25, 0.3) is 0 Å². The molecular weight excluding hydrogens is 229 g/mol. The predicted octanol–water partition coefficient (Wildman–Crippen LogP) is 3.84. The summed E-state index contributed by atoms with van der Waals surface area (Å²) >= 11 is 0. The van der Waals surface area contributed by atoms with Crippen LogP contribution in [0, 0.1) is 0 Å². The molecule has 0 saturated heterocycles. The van der Waals surface area contributed by atoms with E-state index in [0.29, 0.717) is 12.1 Å². The third-order valence-electron chi connectivity index (χ3n) is 4.53. The van der Waals surface area contributed by atoms with Gasteiger partial charge in [0.05, 0.1) is 0 Å². The minimum absolute atomic E-state index is 0.256. The van der Waals surface area contributed by atoms with E-state index < -0.39 is 6.17 Å². The lowest BCUT2D eigenvalue weighted by Gasteiger charge is -2.42. The molecule has 18 heavy (non-hydrogen) atoms. The lowest BCUT2D eigenvalue weighted by Crippen LogP contribution is -2.51. The summed E-state index contributed by atoms with van der Waals surface area (Å²) in [5.41, 5.74) is 0. The Kier molecular flexibility index (Phi) is 5.02. The molecule has 3 heteroatoms. The second-order valence-corrected chi connectivity index (χ2v) is 5.95. The van der Waals surface area contributed by atoms with E-state index in [2.05, 4.69) is 0 Å². The highest BCUT2D eigenvalue weighted by atomic mass is 19.1. The highest BCUT2D eigenvalue weighted by Gasteiger charge is 2.34. The molecule has 2 rings (SSSR count). The predicted molar refractivity (Wildman–Crippen MR) is 71.2 cm³/mol. The maximum atomic E-state index is 13.5. The average Bonchev–Trinajstić information content (AvgIpc) is 2.41. The molecule has 0 N–H and O–H groups in total. The van der Waals surface area contributed by atoms with E-state index >= 15 is 0 Å². The molecule has 1 amide bonds. The van der Waals surface area contributed by atoms with Crippen LogP contribution in [0.1, 0.15) is 71.1 Å². The van der Waals surface area contributed by atoms with Gasteiger partial charge in [-0.15, -0.1) is 0 Å². The van der Waals surface area contributed by atoms with E-state index in [0.717, 1.165) is 25.7 Å². The van der Waals surface area contributed by atoms with Crippen LogP contribution in [0.4, 0.5) is 4.39 Å². The molecule has 0 aromatic rings. The maximum Gasteiger partial charge on any atom is 0.257 e. The fourth-order valence-corrected chi connectivity index (χ4v) is 3.58. The topological polar surface area (TPSA) is 20.3 Å². The van der Waals surface area contributed by atoms with Crippen molar-refractivity contribution in [2.75, 3.05) is 0 Å². The number of hydrogen-bond donors (Lipinski definition) is 0. The van der Waals surface area contributed by atoms with E-state index in [1.54, 1.807) is 0 Å². The van der Waals surface area contributed by atoms with Crippen LogP contribution in [0.2, 0.25) is 0 Å². The van der Waals surface area contributed by atoms with Crippen molar-refractivity contribution in [1.29, 1.82) is 0 Å². The Hall–Kier alpha value is -0.600. The summed E-state index contributed by atoms with van der Waals surface area (Å²) in [6.45, 7) is 1.39. The quantitative estimate of drug-likeness (QED) is 0.750. The van der Waals surface area contributed by atoms with Gasteiger partial charge in [0.15, 0.2) is 6.17 Å². The Morgan fingerprint density at radius 1 is 0.944 bits per heavy atom. The van der Waals surface area contributed by atoms with Crippen molar-refractivity contribution in [1.82, 2.24) is 4.90 Å². The summed E-state index contributed by atoms with van der Waals surface area (Å²) in [6.07, 6.45) is 10.3. The van der Waals surface area contributed by atoms with Gasteiger partial charge < -0.3 is 4.90 Å². The van der Waals surface area contributed by atoms with Gasteiger partial charge in [-0.05, 0) is 32.6 Å². The van der Waals surface area contributed by atoms with Gasteiger partial charge in [0.25, 0.3) is 5.91 Å². The summed E-state index contributed by atoms with van der Waals surface area (Å²) in [4.78, 5) is 14.1. The largest absolute Gasteiger partial charge is 0.334 e. The number of alkyl halides is 1. The molecule has 2 saturated carbocycles. The molecule has 104 valence electrons. The van der Waals surface area contributed by atoms with Gasteiger partial charge in [0.1, 0.15) is 0 Å². The van der Waals surface area contributed by atoms with Gasteiger partial charge in [0, 0.05) is 12.1 Å². The Balaban J connectivity index is 2.07. The van der Waals surface area contributed by atoms with Crippen molar-refractivity contribution >= 4 is 5.91 Å². The van der Waals surface area contributed by atoms with Crippen LogP contribution in [0.15, 0.2) is 0 Å². The molecule has 2 aliphatic carbocycles. The van der Waals surface area contributed by atoms with Gasteiger partial charge in [-0.2, -0.15) is 0 Å². The number of halogens is 1. The second-order valence-electron chi connectivity index (χ2n) is 5.95. The highest BCUT2D eigenvalue weighted by molar-refractivity contribution is 5.81.